The lowest BCUT2D eigenvalue weighted by Crippen LogP contribution is -2.70. The summed E-state index contributed by atoms with van der Waals surface area (Å²) in [6.07, 6.45) is -5.65. The first-order valence-electron chi connectivity index (χ1n) is 7.64. The molecule has 1 N–H and O–H groups in total. The summed E-state index contributed by atoms with van der Waals surface area (Å²) >= 11 is 5.66. The molecule has 0 unspecified atom stereocenters. The van der Waals surface area contributed by atoms with Crippen molar-refractivity contribution in [2.45, 2.75) is 36.0 Å². The number of halogens is 13. The molecule has 0 saturated heterocycles. The molecular weight excluding hydrogens is 506 g/mol. The van der Waals surface area contributed by atoms with Crippen molar-refractivity contribution in [3.05, 3.63) is 17.2 Å². The number of amides is 1. The van der Waals surface area contributed by atoms with Crippen LogP contribution in [0.1, 0.15) is 0 Å². The molecule has 184 valence electrons. The van der Waals surface area contributed by atoms with Gasteiger partial charge < -0.3 is 14.8 Å². The van der Waals surface area contributed by atoms with E-state index in [9.17, 15) is 57.5 Å². The van der Waals surface area contributed by atoms with Crippen molar-refractivity contribution in [1.82, 2.24) is 0 Å². The Balaban J connectivity index is 3.47. The van der Waals surface area contributed by atoms with Crippen LogP contribution in [0.2, 0.25) is 5.02 Å². The summed E-state index contributed by atoms with van der Waals surface area (Å²) in [5.41, 5.74) is -0.970. The van der Waals surface area contributed by atoms with Crippen molar-refractivity contribution in [2.75, 3.05) is 19.5 Å². The topological polar surface area (TPSA) is 47.6 Å². The van der Waals surface area contributed by atoms with E-state index in [1.165, 1.54) is 0 Å². The molecule has 0 spiro atoms. The Morgan fingerprint density at radius 1 is 0.844 bits per heavy atom. The number of nitrogens with one attached hydrogen (secondary N) is 1. The summed E-state index contributed by atoms with van der Waals surface area (Å²) < 4.78 is 168. The Hall–Kier alpha value is -2.26. The largest absolute Gasteiger partial charge is 0.495 e. The van der Waals surface area contributed by atoms with Crippen LogP contribution in [0.15, 0.2) is 12.1 Å². The average molecular weight is 516 g/mol. The van der Waals surface area contributed by atoms with Crippen LogP contribution < -0.4 is 14.8 Å². The molecule has 32 heavy (non-hydrogen) atoms. The van der Waals surface area contributed by atoms with Gasteiger partial charge in [0.25, 0.3) is 0 Å². The van der Waals surface area contributed by atoms with Gasteiger partial charge in [-0.05, 0) is 0 Å². The predicted octanol–water partition coefficient (Wildman–Crippen LogP) is 5.74. The summed E-state index contributed by atoms with van der Waals surface area (Å²) in [6, 6.07) is 1.35. The number of alkyl halides is 12. The van der Waals surface area contributed by atoms with Gasteiger partial charge in [-0.15, -0.1) is 0 Å². The Labute approximate surface area is 175 Å². The Kier molecular flexibility index (Phi) is 7.46. The first-order valence-corrected chi connectivity index (χ1v) is 8.02. The second kappa shape index (κ2) is 8.59. The molecule has 0 atom stereocenters. The molecule has 0 aliphatic carbocycles. The van der Waals surface area contributed by atoms with E-state index in [1.807, 2.05) is 0 Å². The predicted molar refractivity (Wildman–Crippen MR) is 83.9 cm³/mol. The van der Waals surface area contributed by atoms with Gasteiger partial charge in [-0.1, -0.05) is 11.6 Å². The molecular formula is C15H10ClF12NO3. The van der Waals surface area contributed by atoms with Gasteiger partial charge in [0, 0.05) is 12.1 Å². The summed E-state index contributed by atoms with van der Waals surface area (Å²) in [5.74, 6) is -41.6. The van der Waals surface area contributed by atoms with Crippen LogP contribution in [0.5, 0.6) is 11.5 Å². The van der Waals surface area contributed by atoms with Gasteiger partial charge in [0.15, 0.2) is 0 Å². The molecule has 1 aromatic rings. The lowest BCUT2D eigenvalue weighted by atomic mass is 9.94. The molecule has 4 nitrogen and oxygen atoms in total. The van der Waals surface area contributed by atoms with Crippen LogP contribution in [0.4, 0.5) is 58.4 Å². The lowest BCUT2D eigenvalue weighted by Gasteiger charge is -2.38. The average Bonchev–Trinajstić information content (AvgIpc) is 2.67. The van der Waals surface area contributed by atoms with E-state index in [4.69, 9.17) is 11.6 Å². The zero-order chi connectivity index (χ0) is 25.5. The van der Waals surface area contributed by atoms with Crippen LogP contribution in [0.25, 0.3) is 0 Å². The minimum absolute atomic E-state index is 0.278. The van der Waals surface area contributed by atoms with Crippen molar-refractivity contribution in [1.29, 1.82) is 0 Å². The van der Waals surface area contributed by atoms with Crippen molar-refractivity contribution in [3.63, 3.8) is 0 Å². The third kappa shape index (κ3) is 4.08. The van der Waals surface area contributed by atoms with Crippen molar-refractivity contribution >= 4 is 23.2 Å². The van der Waals surface area contributed by atoms with Gasteiger partial charge >= 0.3 is 41.9 Å². The van der Waals surface area contributed by atoms with Crippen molar-refractivity contribution in [2.24, 2.45) is 0 Å². The smallest absolute Gasteiger partial charge is 0.393 e. The quantitative estimate of drug-likeness (QED) is 0.427. The number of carbonyl (C=O) groups excluding carboxylic acids is 1. The van der Waals surface area contributed by atoms with Gasteiger partial charge in [-0.3, -0.25) is 4.79 Å². The highest BCUT2D eigenvalue weighted by Gasteiger charge is 2.89. The fourth-order valence-electron chi connectivity index (χ4n) is 2.04. The summed E-state index contributed by atoms with van der Waals surface area (Å²) in [6.45, 7) is 0. The second-order valence-electron chi connectivity index (χ2n) is 5.86. The number of carbonyl (C=O) groups is 1. The number of hydrogen-bond acceptors (Lipinski definition) is 3. The molecule has 1 rings (SSSR count). The molecule has 17 heteroatoms. The van der Waals surface area contributed by atoms with E-state index in [0.717, 1.165) is 25.6 Å². The Morgan fingerprint density at radius 2 is 1.31 bits per heavy atom. The maximum Gasteiger partial charge on any atom is 0.393 e. The van der Waals surface area contributed by atoms with Crippen molar-refractivity contribution in [3.8, 4) is 11.5 Å². The summed E-state index contributed by atoms with van der Waals surface area (Å²) in [7, 11) is 1.82. The molecule has 0 aliphatic heterocycles. The van der Waals surface area contributed by atoms with Crippen LogP contribution >= 0.6 is 11.6 Å². The molecule has 0 bridgehead atoms. The molecule has 0 fully saturated rings. The maximum absolute atomic E-state index is 13.9. The van der Waals surface area contributed by atoms with E-state index >= 15 is 0 Å². The summed E-state index contributed by atoms with van der Waals surface area (Å²) in [4.78, 5) is 11.6. The molecule has 0 aliphatic rings. The minimum Gasteiger partial charge on any atom is -0.495 e. The third-order valence-corrected chi connectivity index (χ3v) is 4.18. The van der Waals surface area contributed by atoms with Crippen LogP contribution in [-0.2, 0) is 4.79 Å². The molecule has 0 radical (unpaired) electrons. The highest BCUT2D eigenvalue weighted by atomic mass is 35.5. The zero-order valence-corrected chi connectivity index (χ0v) is 16.1. The van der Waals surface area contributed by atoms with Gasteiger partial charge in [0.1, 0.15) is 11.5 Å². The Bertz CT molecular complexity index is 862. The molecule has 1 aromatic carbocycles. The Morgan fingerprint density at radius 3 is 1.72 bits per heavy atom. The monoisotopic (exact) mass is 515 g/mol. The highest BCUT2D eigenvalue weighted by molar-refractivity contribution is 6.32. The molecule has 0 aromatic heterocycles. The number of ether oxygens (including phenoxy) is 2. The van der Waals surface area contributed by atoms with Crippen molar-refractivity contribution < 1.29 is 67.0 Å². The lowest BCUT2D eigenvalue weighted by molar-refractivity contribution is -0.406. The van der Waals surface area contributed by atoms with E-state index < -0.39 is 59.1 Å². The van der Waals surface area contributed by atoms with Gasteiger partial charge in [0.05, 0.1) is 24.9 Å². The molecule has 0 heterocycles. The fourth-order valence-corrected chi connectivity index (χ4v) is 2.27. The number of hydrogen-bond donors (Lipinski definition) is 1. The fraction of sp³-hybridized carbons (Fsp3) is 0.533. The zero-order valence-electron chi connectivity index (χ0n) is 15.4. The number of methoxy groups -OCH3 is 2. The number of rotatable bonds is 9. The maximum atomic E-state index is 13.9. The van der Waals surface area contributed by atoms with Crippen LogP contribution in [0.3, 0.4) is 0 Å². The molecule has 1 amide bonds. The first kappa shape index (κ1) is 27.8. The van der Waals surface area contributed by atoms with E-state index in [-0.39, 0.29) is 5.02 Å². The van der Waals surface area contributed by atoms with Crippen LogP contribution in [-0.4, -0.2) is 56.2 Å². The first-order chi connectivity index (χ1) is 14.2. The standard InChI is InChI=1S/C15H10ClF12NO3/c1-31-7-4-6(8(32-2)3-5(7)16)29-10(30)12(21,22)14(25,26)15(27,28)13(23,24)11(19,20)9(17)18/h3-4,9H,1-2H3,(H,29,30). The van der Waals surface area contributed by atoms with E-state index in [1.54, 1.807) is 0 Å². The second-order valence-corrected chi connectivity index (χ2v) is 6.27. The highest BCUT2D eigenvalue weighted by Crippen LogP contribution is 2.58. The van der Waals surface area contributed by atoms with Gasteiger partial charge in [-0.2, -0.15) is 43.9 Å². The van der Waals surface area contributed by atoms with E-state index in [2.05, 4.69) is 9.47 Å². The van der Waals surface area contributed by atoms with Crippen LogP contribution in [0, 0.1) is 0 Å². The summed E-state index contributed by atoms with van der Waals surface area (Å²) in [5, 5.41) is 0.670. The van der Waals surface area contributed by atoms with E-state index in [0.29, 0.717) is 6.07 Å². The molecule has 0 saturated carbocycles. The minimum atomic E-state index is -7.83. The number of benzene rings is 1. The van der Waals surface area contributed by atoms with Gasteiger partial charge in [0.2, 0.25) is 0 Å². The number of anilines is 1. The van der Waals surface area contributed by atoms with Gasteiger partial charge in [-0.25, -0.2) is 8.78 Å². The normalized spacial score (nSPS) is 13.9. The third-order valence-electron chi connectivity index (χ3n) is 3.88. The SMILES string of the molecule is COc1cc(NC(=O)C(F)(F)C(F)(F)C(F)(F)C(F)(F)C(F)(F)C(F)F)c(OC)cc1Cl.